The summed E-state index contributed by atoms with van der Waals surface area (Å²) in [6.07, 6.45) is 1.44. The highest BCUT2D eigenvalue weighted by Gasteiger charge is 2.21. The van der Waals surface area contributed by atoms with Gasteiger partial charge in [-0.2, -0.15) is 13.5 Å². The van der Waals surface area contributed by atoms with Crippen LogP contribution in [0.2, 0.25) is 0 Å². The van der Waals surface area contributed by atoms with E-state index in [1.165, 1.54) is 19.4 Å². The molecule has 190 valence electrons. The molecule has 0 saturated carbocycles. The fraction of sp³-hybridized carbons (Fsp3) is 0.259. The van der Waals surface area contributed by atoms with Gasteiger partial charge in [-0.15, -0.1) is 0 Å². The summed E-state index contributed by atoms with van der Waals surface area (Å²) >= 11 is 0. The van der Waals surface area contributed by atoms with Crippen LogP contribution in [0.4, 0.5) is 5.69 Å². The van der Waals surface area contributed by atoms with Crippen LogP contribution in [0.5, 0.6) is 11.5 Å². The zero-order chi connectivity index (χ0) is 26.3. The predicted molar refractivity (Wildman–Crippen MR) is 142 cm³/mol. The Bertz CT molecular complexity index is 1350. The lowest BCUT2D eigenvalue weighted by molar-refractivity contribution is 0.0955. The number of nitrogens with zero attached hydrogens (tertiary/aromatic N) is 2. The van der Waals surface area contributed by atoms with E-state index in [0.29, 0.717) is 16.7 Å². The minimum absolute atomic E-state index is 0.0490. The van der Waals surface area contributed by atoms with Crippen LogP contribution < -0.4 is 19.2 Å². The molecule has 0 bridgehead atoms. The number of ether oxygens (including phenoxy) is 1. The van der Waals surface area contributed by atoms with Gasteiger partial charge in [0.2, 0.25) is 0 Å². The fourth-order valence-electron chi connectivity index (χ4n) is 3.62. The molecule has 0 atom stereocenters. The van der Waals surface area contributed by atoms with Crippen molar-refractivity contribution in [2.75, 3.05) is 25.1 Å². The monoisotopic (exact) mass is 509 g/mol. The minimum atomic E-state index is -4.06. The quantitative estimate of drug-likeness (QED) is 0.242. The second-order valence-corrected chi connectivity index (χ2v) is 9.65. The summed E-state index contributed by atoms with van der Waals surface area (Å²) in [6, 6.07) is 17.1. The molecule has 0 heterocycles. The number of aryl methyl sites for hydroxylation is 2. The van der Waals surface area contributed by atoms with Gasteiger partial charge in [0, 0.05) is 24.3 Å². The highest BCUT2D eigenvalue weighted by atomic mass is 32.2. The van der Waals surface area contributed by atoms with Crippen molar-refractivity contribution in [3.8, 4) is 11.5 Å². The largest absolute Gasteiger partial charge is 0.493 e. The van der Waals surface area contributed by atoms with Crippen LogP contribution in [0.25, 0.3) is 0 Å². The number of hydrogen-bond acceptors (Lipinski definition) is 7. The Morgan fingerprint density at radius 2 is 1.67 bits per heavy atom. The summed E-state index contributed by atoms with van der Waals surface area (Å²) in [5, 5.41) is 4.01. The van der Waals surface area contributed by atoms with Gasteiger partial charge >= 0.3 is 10.1 Å². The van der Waals surface area contributed by atoms with Crippen LogP contribution in [0, 0.1) is 13.8 Å². The van der Waals surface area contributed by atoms with E-state index >= 15 is 0 Å². The maximum Gasteiger partial charge on any atom is 0.339 e. The van der Waals surface area contributed by atoms with Gasteiger partial charge in [-0.05, 0) is 92.9 Å². The summed E-state index contributed by atoms with van der Waals surface area (Å²) < 4.78 is 36.4. The Morgan fingerprint density at radius 1 is 0.972 bits per heavy atom. The normalized spacial score (nSPS) is 11.4. The van der Waals surface area contributed by atoms with Crippen molar-refractivity contribution in [2.24, 2.45) is 5.10 Å². The molecular weight excluding hydrogens is 478 g/mol. The molecule has 0 aliphatic heterocycles. The van der Waals surface area contributed by atoms with E-state index in [1.54, 1.807) is 43.3 Å². The lowest BCUT2D eigenvalue weighted by Crippen LogP contribution is -2.22. The van der Waals surface area contributed by atoms with Crippen molar-refractivity contribution in [2.45, 2.75) is 32.6 Å². The van der Waals surface area contributed by atoms with E-state index in [2.05, 4.69) is 29.3 Å². The Kier molecular flexibility index (Phi) is 8.71. The highest BCUT2D eigenvalue weighted by molar-refractivity contribution is 7.87. The maximum atomic E-state index is 12.8. The lowest BCUT2D eigenvalue weighted by Gasteiger charge is -2.20. The summed E-state index contributed by atoms with van der Waals surface area (Å²) in [5.74, 6) is -0.0806. The zero-order valence-corrected chi connectivity index (χ0v) is 21.9. The molecule has 36 heavy (non-hydrogen) atoms. The highest BCUT2D eigenvalue weighted by Crippen LogP contribution is 2.31. The average molecular weight is 510 g/mol. The molecule has 3 aromatic carbocycles. The molecular formula is C27H31N3O5S. The number of rotatable bonds is 10. The fourth-order valence-corrected chi connectivity index (χ4v) is 4.87. The third-order valence-electron chi connectivity index (χ3n) is 5.64. The number of carbonyl (C=O) groups excluding carboxylic acids is 1. The molecule has 1 N–H and O–H groups in total. The zero-order valence-electron chi connectivity index (χ0n) is 21.1. The number of carbonyl (C=O) groups is 1. The Labute approximate surface area is 212 Å². The lowest BCUT2D eigenvalue weighted by atomic mass is 10.2. The first-order chi connectivity index (χ1) is 17.2. The second-order valence-electron chi connectivity index (χ2n) is 8.13. The number of hydrazone groups is 1. The Balaban J connectivity index is 1.70. The molecule has 0 radical (unpaired) electrons. The molecule has 3 rings (SSSR count). The van der Waals surface area contributed by atoms with Gasteiger partial charge in [0.1, 0.15) is 4.90 Å². The number of methoxy groups -OCH3 is 1. The van der Waals surface area contributed by atoms with Crippen molar-refractivity contribution in [3.63, 3.8) is 0 Å². The molecule has 0 aliphatic rings. The summed E-state index contributed by atoms with van der Waals surface area (Å²) in [5.41, 5.74) is 6.01. The number of benzene rings is 3. The Hall–Kier alpha value is -3.85. The smallest absolute Gasteiger partial charge is 0.339 e. The third kappa shape index (κ3) is 6.42. The maximum absolute atomic E-state index is 12.8. The SMILES string of the molecule is CCN(CC)c1ccc(C(=O)NN=Cc2ccc(OS(=O)(=O)c3cc(C)ccc3C)c(OC)c2)cc1. The molecule has 0 saturated heterocycles. The van der Waals surface area contributed by atoms with Crippen LogP contribution in [0.1, 0.15) is 40.9 Å². The third-order valence-corrected chi connectivity index (χ3v) is 7.02. The van der Waals surface area contributed by atoms with Crippen LogP contribution >= 0.6 is 0 Å². The van der Waals surface area contributed by atoms with Gasteiger partial charge in [-0.3, -0.25) is 4.79 Å². The van der Waals surface area contributed by atoms with Gasteiger partial charge < -0.3 is 13.8 Å². The first-order valence-corrected chi connectivity index (χ1v) is 13.0. The van der Waals surface area contributed by atoms with Crippen LogP contribution in [-0.2, 0) is 10.1 Å². The molecule has 0 spiro atoms. The van der Waals surface area contributed by atoms with Crippen LogP contribution in [0.3, 0.4) is 0 Å². The van der Waals surface area contributed by atoms with E-state index in [0.717, 1.165) is 24.3 Å². The van der Waals surface area contributed by atoms with Gasteiger partial charge in [0.05, 0.1) is 13.3 Å². The number of anilines is 1. The van der Waals surface area contributed by atoms with Crippen molar-refractivity contribution in [1.82, 2.24) is 5.43 Å². The molecule has 0 aromatic heterocycles. The van der Waals surface area contributed by atoms with Crippen molar-refractivity contribution < 1.29 is 22.1 Å². The summed E-state index contributed by atoms with van der Waals surface area (Å²) in [6.45, 7) is 9.45. The van der Waals surface area contributed by atoms with Crippen LogP contribution in [-0.4, -0.2) is 40.7 Å². The molecule has 3 aromatic rings. The summed E-state index contributed by atoms with van der Waals surface area (Å²) in [4.78, 5) is 14.7. The Morgan fingerprint density at radius 3 is 2.31 bits per heavy atom. The molecule has 0 aliphatic carbocycles. The standard InChI is InChI=1S/C27H31N3O5S/c1-6-30(7-2)23-13-11-22(12-14-23)27(31)29-28-18-21-10-15-24(25(17-21)34-5)35-36(32,33)26-16-19(3)8-9-20(26)4/h8-18H,6-7H2,1-5H3,(H,29,31). The predicted octanol–water partition coefficient (Wildman–Crippen LogP) is 4.69. The van der Waals surface area contributed by atoms with Crippen LogP contribution in [0.15, 0.2) is 70.7 Å². The molecule has 9 heteroatoms. The molecule has 8 nitrogen and oxygen atoms in total. The summed E-state index contributed by atoms with van der Waals surface area (Å²) in [7, 11) is -2.64. The van der Waals surface area contributed by atoms with Gasteiger partial charge in [0.15, 0.2) is 11.5 Å². The van der Waals surface area contributed by atoms with Crippen molar-refractivity contribution in [1.29, 1.82) is 0 Å². The first-order valence-electron chi connectivity index (χ1n) is 11.6. The van der Waals surface area contributed by atoms with E-state index in [-0.39, 0.29) is 22.3 Å². The molecule has 1 amide bonds. The first kappa shape index (κ1) is 26.7. The van der Waals surface area contributed by atoms with Gasteiger partial charge in [-0.1, -0.05) is 12.1 Å². The van der Waals surface area contributed by atoms with E-state index in [1.807, 2.05) is 25.1 Å². The molecule has 0 fully saturated rings. The van der Waals surface area contributed by atoms with E-state index < -0.39 is 10.1 Å². The van der Waals surface area contributed by atoms with E-state index in [4.69, 9.17) is 8.92 Å². The van der Waals surface area contributed by atoms with E-state index in [9.17, 15) is 13.2 Å². The number of nitrogens with one attached hydrogen (secondary N) is 1. The van der Waals surface area contributed by atoms with Crippen molar-refractivity contribution >= 4 is 27.9 Å². The van der Waals surface area contributed by atoms with Crippen molar-refractivity contribution in [3.05, 3.63) is 82.9 Å². The minimum Gasteiger partial charge on any atom is -0.493 e. The second kappa shape index (κ2) is 11.7. The topological polar surface area (TPSA) is 97.3 Å². The van der Waals surface area contributed by atoms with Gasteiger partial charge in [0.25, 0.3) is 5.91 Å². The molecule has 0 unspecified atom stereocenters. The average Bonchev–Trinajstić information content (AvgIpc) is 2.87. The number of amides is 1. The number of hydrogen-bond donors (Lipinski definition) is 1. The van der Waals surface area contributed by atoms with Gasteiger partial charge in [-0.25, -0.2) is 5.43 Å².